The number of fused-ring (bicyclic) bond motifs is 1. The second-order valence-corrected chi connectivity index (χ2v) is 5.15. The van der Waals surface area contributed by atoms with Gasteiger partial charge in [0.15, 0.2) is 0 Å². The largest absolute Gasteiger partial charge is 0.508 e. The van der Waals surface area contributed by atoms with Gasteiger partial charge in [-0.15, -0.1) is 0 Å². The van der Waals surface area contributed by atoms with Crippen LogP contribution < -0.4 is 0 Å². The molecule has 0 aliphatic heterocycles. The summed E-state index contributed by atoms with van der Waals surface area (Å²) in [5.74, 6) is 0.229. The van der Waals surface area contributed by atoms with Gasteiger partial charge in [-0.1, -0.05) is 12.1 Å². The molecule has 0 bridgehead atoms. The van der Waals surface area contributed by atoms with E-state index in [9.17, 15) is 10.4 Å². The second-order valence-electron chi connectivity index (χ2n) is 5.15. The van der Waals surface area contributed by atoms with Gasteiger partial charge in [0, 0.05) is 11.9 Å². The van der Waals surface area contributed by atoms with Crippen LogP contribution in [0.4, 0.5) is 0 Å². The summed E-state index contributed by atoms with van der Waals surface area (Å²) in [6.45, 7) is 4.92. The Hall–Kier alpha value is -2.73. The molecular weight excluding hydrogens is 260 g/mol. The van der Waals surface area contributed by atoms with Crippen molar-refractivity contribution < 1.29 is 5.11 Å². The molecule has 1 heterocycles. The number of aromatic hydroxyl groups is 1. The fourth-order valence-corrected chi connectivity index (χ4v) is 2.82. The maximum absolute atomic E-state index is 9.60. The topological polar surface area (TPSA) is 49.0 Å². The third-order valence-electron chi connectivity index (χ3n) is 3.79. The Bertz CT molecular complexity index is 852. The van der Waals surface area contributed by atoms with E-state index in [-0.39, 0.29) is 5.75 Å². The Balaban J connectivity index is 2.40. The Labute approximate surface area is 123 Å². The molecule has 2 aromatic carbocycles. The van der Waals surface area contributed by atoms with E-state index in [1.165, 1.54) is 5.56 Å². The highest BCUT2D eigenvalue weighted by Crippen LogP contribution is 2.34. The van der Waals surface area contributed by atoms with Gasteiger partial charge in [0.25, 0.3) is 0 Å². The first kappa shape index (κ1) is 13.3. The van der Waals surface area contributed by atoms with Crippen molar-refractivity contribution in [3.8, 4) is 23.1 Å². The Morgan fingerprint density at radius 3 is 2.48 bits per heavy atom. The Morgan fingerprint density at radius 1 is 1.14 bits per heavy atom. The summed E-state index contributed by atoms with van der Waals surface area (Å²) >= 11 is 0. The standard InChI is InChI=1S/C18H16N2O/c1-3-20-17-10-12(2)4-9-15(17)16(11-19)18(20)13-5-7-14(21)8-6-13/h4-10,21H,3H2,1-2H3. The molecule has 0 saturated carbocycles. The van der Waals surface area contributed by atoms with Crippen molar-refractivity contribution in [2.24, 2.45) is 0 Å². The summed E-state index contributed by atoms with van der Waals surface area (Å²) < 4.78 is 2.16. The van der Waals surface area contributed by atoms with E-state index in [0.717, 1.165) is 28.7 Å². The number of hydrogen-bond acceptors (Lipinski definition) is 2. The zero-order valence-electron chi connectivity index (χ0n) is 12.1. The van der Waals surface area contributed by atoms with Crippen LogP contribution >= 0.6 is 0 Å². The van der Waals surface area contributed by atoms with E-state index in [1.54, 1.807) is 12.1 Å². The smallest absolute Gasteiger partial charge is 0.115 e. The summed E-state index contributed by atoms with van der Waals surface area (Å²) in [4.78, 5) is 0. The third-order valence-corrected chi connectivity index (χ3v) is 3.79. The molecule has 21 heavy (non-hydrogen) atoms. The number of aromatic nitrogens is 1. The number of phenolic OH excluding ortho intramolecular Hbond substituents is 1. The Kier molecular flexibility index (Phi) is 3.15. The van der Waals surface area contributed by atoms with Crippen LogP contribution in [0.5, 0.6) is 5.75 Å². The highest BCUT2D eigenvalue weighted by Gasteiger charge is 2.17. The molecule has 3 aromatic rings. The minimum Gasteiger partial charge on any atom is -0.508 e. The molecule has 0 spiro atoms. The summed E-state index contributed by atoms with van der Waals surface area (Å²) in [5, 5.41) is 20.0. The number of rotatable bonds is 2. The first-order valence-electron chi connectivity index (χ1n) is 6.98. The maximum Gasteiger partial charge on any atom is 0.115 e. The van der Waals surface area contributed by atoms with Crippen molar-refractivity contribution in [3.63, 3.8) is 0 Å². The van der Waals surface area contributed by atoms with Gasteiger partial charge < -0.3 is 9.67 Å². The van der Waals surface area contributed by atoms with Gasteiger partial charge in [-0.05, 0) is 55.3 Å². The van der Waals surface area contributed by atoms with E-state index >= 15 is 0 Å². The zero-order chi connectivity index (χ0) is 15.0. The molecule has 0 aliphatic carbocycles. The van der Waals surface area contributed by atoms with E-state index in [2.05, 4.69) is 30.6 Å². The molecule has 0 fully saturated rings. The lowest BCUT2D eigenvalue weighted by Gasteiger charge is -2.09. The number of nitriles is 1. The molecule has 3 heteroatoms. The van der Waals surface area contributed by atoms with Crippen molar-refractivity contribution in [1.82, 2.24) is 4.57 Å². The van der Waals surface area contributed by atoms with Crippen LogP contribution in [0.15, 0.2) is 42.5 Å². The molecule has 1 aromatic heterocycles. The predicted molar refractivity (Wildman–Crippen MR) is 84.2 cm³/mol. The predicted octanol–water partition coefficient (Wildman–Crippen LogP) is 4.21. The molecule has 3 nitrogen and oxygen atoms in total. The summed E-state index contributed by atoms with van der Waals surface area (Å²) in [6, 6.07) is 15.5. The Morgan fingerprint density at radius 2 is 1.86 bits per heavy atom. The van der Waals surface area contributed by atoms with Gasteiger partial charge in [0.1, 0.15) is 11.8 Å². The maximum atomic E-state index is 9.60. The lowest BCUT2D eigenvalue weighted by Crippen LogP contribution is -1.97. The van der Waals surface area contributed by atoms with Crippen LogP contribution in [-0.2, 0) is 6.54 Å². The van der Waals surface area contributed by atoms with Crippen LogP contribution in [0.3, 0.4) is 0 Å². The minimum absolute atomic E-state index is 0.229. The minimum atomic E-state index is 0.229. The molecule has 104 valence electrons. The van der Waals surface area contributed by atoms with Crippen LogP contribution in [-0.4, -0.2) is 9.67 Å². The van der Waals surface area contributed by atoms with E-state index in [1.807, 2.05) is 24.3 Å². The number of benzene rings is 2. The van der Waals surface area contributed by atoms with Gasteiger partial charge >= 0.3 is 0 Å². The highest BCUT2D eigenvalue weighted by atomic mass is 16.3. The van der Waals surface area contributed by atoms with E-state index < -0.39 is 0 Å². The van der Waals surface area contributed by atoms with Gasteiger partial charge in [-0.2, -0.15) is 5.26 Å². The molecule has 0 amide bonds. The van der Waals surface area contributed by atoms with Gasteiger partial charge in [0.2, 0.25) is 0 Å². The summed E-state index contributed by atoms with van der Waals surface area (Å²) in [6.07, 6.45) is 0. The van der Waals surface area contributed by atoms with E-state index in [4.69, 9.17) is 0 Å². The fourth-order valence-electron chi connectivity index (χ4n) is 2.82. The molecule has 0 saturated heterocycles. The van der Waals surface area contributed by atoms with Gasteiger partial charge in [-0.3, -0.25) is 0 Å². The monoisotopic (exact) mass is 276 g/mol. The molecule has 0 radical (unpaired) electrons. The molecular formula is C18H16N2O. The van der Waals surface area contributed by atoms with Crippen LogP contribution in [0.2, 0.25) is 0 Å². The molecule has 0 unspecified atom stereocenters. The van der Waals surface area contributed by atoms with Crippen molar-refractivity contribution in [1.29, 1.82) is 5.26 Å². The number of phenols is 1. The van der Waals surface area contributed by atoms with Crippen molar-refractivity contribution >= 4 is 10.9 Å². The molecule has 1 N–H and O–H groups in total. The average molecular weight is 276 g/mol. The quantitative estimate of drug-likeness (QED) is 0.762. The lowest BCUT2D eigenvalue weighted by molar-refractivity contribution is 0.475. The molecule has 3 rings (SSSR count). The van der Waals surface area contributed by atoms with Gasteiger partial charge in [0.05, 0.1) is 16.8 Å². The first-order valence-corrected chi connectivity index (χ1v) is 6.98. The van der Waals surface area contributed by atoms with E-state index in [0.29, 0.717) is 5.56 Å². The van der Waals surface area contributed by atoms with Crippen molar-refractivity contribution in [3.05, 3.63) is 53.6 Å². The normalized spacial score (nSPS) is 10.7. The number of hydrogen-bond donors (Lipinski definition) is 1. The van der Waals surface area contributed by atoms with Gasteiger partial charge in [-0.25, -0.2) is 0 Å². The SMILES string of the molecule is CCn1c(-c2ccc(O)cc2)c(C#N)c2ccc(C)cc21. The molecule has 0 atom stereocenters. The summed E-state index contributed by atoms with van der Waals surface area (Å²) in [5.41, 5.74) is 4.81. The molecule has 0 aliphatic rings. The third kappa shape index (κ3) is 2.05. The van der Waals surface area contributed by atoms with Crippen molar-refractivity contribution in [2.75, 3.05) is 0 Å². The number of aryl methyl sites for hydroxylation is 2. The van der Waals surface area contributed by atoms with Crippen LogP contribution in [0.25, 0.3) is 22.2 Å². The first-order chi connectivity index (χ1) is 10.2. The van der Waals surface area contributed by atoms with Crippen LogP contribution in [0.1, 0.15) is 18.1 Å². The van der Waals surface area contributed by atoms with Crippen LogP contribution in [0, 0.1) is 18.3 Å². The van der Waals surface area contributed by atoms with Crippen molar-refractivity contribution in [2.45, 2.75) is 20.4 Å². The fraction of sp³-hybridized carbons (Fsp3) is 0.167. The highest BCUT2D eigenvalue weighted by molar-refractivity contribution is 5.94. The lowest BCUT2D eigenvalue weighted by atomic mass is 10.1. The zero-order valence-corrected chi connectivity index (χ0v) is 12.1. The average Bonchev–Trinajstić information content (AvgIpc) is 2.80. The number of nitrogens with zero attached hydrogens (tertiary/aromatic N) is 2. The second kappa shape index (κ2) is 4.99. The summed E-state index contributed by atoms with van der Waals surface area (Å²) in [7, 11) is 0.